The number of aromatic hydroxyl groups is 1. The van der Waals surface area contributed by atoms with Gasteiger partial charge >= 0.3 is 6.09 Å². The molecule has 3 saturated heterocycles. The number of carbonyl (C=O) groups is 1. The number of phenols is 1. The number of fused-ring (bicyclic) bond motifs is 1. The quantitative estimate of drug-likeness (QED) is 0.236. The van der Waals surface area contributed by atoms with Crippen molar-refractivity contribution in [1.82, 2.24) is 15.1 Å². The molecule has 1 amide bonds. The maximum absolute atomic E-state index is 13.5. The van der Waals surface area contributed by atoms with Crippen LogP contribution in [0.15, 0.2) is 51.9 Å². The van der Waals surface area contributed by atoms with E-state index < -0.39 is 48.6 Å². The highest BCUT2D eigenvalue weighted by atomic mass is 16.6. The molecule has 0 saturated carbocycles. The van der Waals surface area contributed by atoms with Gasteiger partial charge in [-0.15, -0.1) is 0 Å². The van der Waals surface area contributed by atoms with Crippen LogP contribution in [0.3, 0.4) is 0 Å². The number of rotatable bonds is 5. The minimum atomic E-state index is -1.68. The number of nitrogens with zero attached hydrogens (tertiary/aromatic N) is 2. The molecule has 3 aromatic rings. The predicted octanol–water partition coefficient (Wildman–Crippen LogP) is 0.549. The first-order valence-corrected chi connectivity index (χ1v) is 14.9. The first-order valence-electron chi connectivity index (χ1n) is 14.9. The van der Waals surface area contributed by atoms with Crippen LogP contribution in [-0.2, 0) is 4.74 Å². The summed E-state index contributed by atoms with van der Waals surface area (Å²) in [6.45, 7) is 4.22. The number of piperidine rings is 1. The van der Waals surface area contributed by atoms with E-state index >= 15 is 0 Å². The summed E-state index contributed by atoms with van der Waals surface area (Å²) in [6, 6.07) is 9.63. The molecule has 6 N–H and O–H groups in total. The molecule has 13 heteroatoms. The molecule has 6 rings (SSSR count). The number of ether oxygens (including phenoxy) is 2. The Balaban J connectivity index is 1.17. The third-order valence-electron chi connectivity index (χ3n) is 8.90. The Bertz CT molecular complexity index is 1530. The molecule has 3 fully saturated rings. The topological polar surface area (TPSA) is 185 Å². The number of carbonyl (C=O) groups excluding carboxylic acids is 1. The summed E-state index contributed by atoms with van der Waals surface area (Å²) < 4.78 is 17.0. The molecule has 44 heavy (non-hydrogen) atoms. The van der Waals surface area contributed by atoms with Crippen molar-refractivity contribution in [2.45, 2.75) is 49.4 Å². The van der Waals surface area contributed by atoms with Gasteiger partial charge in [0, 0.05) is 32.2 Å². The van der Waals surface area contributed by atoms with Gasteiger partial charge in [-0.05, 0) is 55.8 Å². The first kappa shape index (κ1) is 30.5. The molecule has 3 aliphatic heterocycles. The Morgan fingerprint density at radius 3 is 2.34 bits per heavy atom. The number of hydrogen-bond donors (Lipinski definition) is 6. The van der Waals surface area contributed by atoms with Crippen LogP contribution in [0.25, 0.3) is 22.1 Å². The van der Waals surface area contributed by atoms with Gasteiger partial charge in [-0.2, -0.15) is 0 Å². The van der Waals surface area contributed by atoms with Gasteiger partial charge in [-0.1, -0.05) is 12.1 Å². The van der Waals surface area contributed by atoms with Crippen molar-refractivity contribution in [3.8, 4) is 22.6 Å². The Kier molecular flexibility index (Phi) is 8.87. The average Bonchev–Trinajstić information content (AvgIpc) is 3.05. The van der Waals surface area contributed by atoms with Crippen LogP contribution in [0.5, 0.6) is 11.5 Å². The van der Waals surface area contributed by atoms with Gasteiger partial charge in [0.05, 0.1) is 23.1 Å². The molecule has 1 aromatic heterocycles. The lowest BCUT2D eigenvalue weighted by Crippen LogP contribution is -2.55. The molecule has 236 valence electrons. The van der Waals surface area contributed by atoms with Gasteiger partial charge in [0.2, 0.25) is 5.43 Å². The number of hydrogen-bond acceptors (Lipinski definition) is 12. The molecule has 13 nitrogen and oxygen atoms in total. The van der Waals surface area contributed by atoms with Crippen LogP contribution in [0.1, 0.15) is 24.5 Å². The monoisotopic (exact) mass is 611 g/mol. The second-order valence-corrected chi connectivity index (χ2v) is 11.5. The number of piperazine rings is 1. The second kappa shape index (κ2) is 12.8. The lowest BCUT2D eigenvalue weighted by molar-refractivity contribution is -0.231. The van der Waals surface area contributed by atoms with E-state index in [9.17, 15) is 35.1 Å². The Morgan fingerprint density at radius 2 is 1.66 bits per heavy atom. The summed E-state index contributed by atoms with van der Waals surface area (Å²) in [4.78, 5) is 30.5. The van der Waals surface area contributed by atoms with Gasteiger partial charge in [0.25, 0.3) is 0 Å². The maximum Gasteiger partial charge on any atom is 0.415 e. The number of benzene rings is 2. The maximum atomic E-state index is 13.5. The predicted molar refractivity (Wildman–Crippen MR) is 157 cm³/mol. The number of aliphatic hydroxyl groups is 4. The molecular weight excluding hydrogens is 574 g/mol. The van der Waals surface area contributed by atoms with Crippen molar-refractivity contribution in [1.29, 1.82) is 0 Å². The number of phenolic OH excluding ortho intramolecular Hbond substituents is 1. The van der Waals surface area contributed by atoms with Gasteiger partial charge in [0.15, 0.2) is 0 Å². The van der Waals surface area contributed by atoms with Crippen LogP contribution in [0.4, 0.5) is 4.79 Å². The molecule has 0 bridgehead atoms. The summed E-state index contributed by atoms with van der Waals surface area (Å²) in [5.74, 6) is -0.0314. The number of amides is 1. The second-order valence-electron chi connectivity index (χ2n) is 11.5. The van der Waals surface area contributed by atoms with Gasteiger partial charge in [-0.3, -0.25) is 9.69 Å². The standard InChI is InChI=1S/C31H37N3O10/c35-15-23-26(38)27(39)28(40)30(44-23)24-22(36)6-5-20-25(37)21(16-42-29(20)24)17-1-3-19(4-2-17)43-31(41)34-13-11-33(12-14-34)18-7-9-32-10-8-18/h1-6,16,18,23,26-28,30,32,35-36,38-40H,7-15H2/t23-,26-,27+,28-,30+/m1/s1. The van der Waals surface area contributed by atoms with Crippen LogP contribution in [0.2, 0.25) is 0 Å². The van der Waals surface area contributed by atoms with Crippen molar-refractivity contribution in [2.24, 2.45) is 0 Å². The summed E-state index contributed by atoms with van der Waals surface area (Å²) in [6.07, 6.45) is -4.53. The zero-order valence-corrected chi connectivity index (χ0v) is 24.0. The van der Waals surface area contributed by atoms with Crippen molar-refractivity contribution in [3.05, 3.63) is 58.4 Å². The van der Waals surface area contributed by atoms with E-state index in [1.807, 2.05) is 0 Å². The summed E-state index contributed by atoms with van der Waals surface area (Å²) in [5, 5.41) is 54.6. The normalized spacial score (nSPS) is 27.0. The van der Waals surface area contributed by atoms with Crippen LogP contribution >= 0.6 is 0 Å². The Morgan fingerprint density at radius 1 is 0.955 bits per heavy atom. The third-order valence-corrected chi connectivity index (χ3v) is 8.90. The highest BCUT2D eigenvalue weighted by Crippen LogP contribution is 2.40. The molecule has 0 spiro atoms. The molecule has 3 aliphatic rings. The SMILES string of the molecule is O=C(Oc1ccc(-c2coc3c([C@@H]4O[C@H](CO)[C@@H](O)[C@H](O)[C@H]4O)c(O)ccc3c2=O)cc1)N1CCN(C2CCNCC2)CC1. The average molecular weight is 612 g/mol. The minimum absolute atomic E-state index is 0.0751. The summed E-state index contributed by atoms with van der Waals surface area (Å²) >= 11 is 0. The fourth-order valence-electron chi connectivity index (χ4n) is 6.34. The molecule has 0 aliphatic carbocycles. The molecule has 5 atom stereocenters. The fourth-order valence-corrected chi connectivity index (χ4v) is 6.34. The van der Waals surface area contributed by atoms with Crippen molar-refractivity contribution < 1.29 is 44.2 Å². The van der Waals surface area contributed by atoms with E-state index in [0.29, 0.717) is 30.4 Å². The van der Waals surface area contributed by atoms with E-state index in [1.165, 1.54) is 18.4 Å². The van der Waals surface area contributed by atoms with Crippen molar-refractivity contribution in [3.63, 3.8) is 0 Å². The van der Waals surface area contributed by atoms with E-state index in [4.69, 9.17) is 13.9 Å². The van der Waals surface area contributed by atoms with Crippen LogP contribution < -0.4 is 15.5 Å². The molecular formula is C31H37N3O10. The van der Waals surface area contributed by atoms with Crippen LogP contribution in [0, 0.1) is 0 Å². The van der Waals surface area contributed by atoms with Crippen LogP contribution in [-0.4, -0.2) is 118 Å². The zero-order valence-electron chi connectivity index (χ0n) is 24.0. The fraction of sp³-hybridized carbons (Fsp3) is 0.484. The lowest BCUT2D eigenvalue weighted by atomic mass is 9.89. The first-order chi connectivity index (χ1) is 21.3. The van der Waals surface area contributed by atoms with E-state index in [0.717, 1.165) is 39.0 Å². The summed E-state index contributed by atoms with van der Waals surface area (Å²) in [7, 11) is 0. The van der Waals surface area contributed by atoms with Gasteiger partial charge < -0.3 is 49.6 Å². The minimum Gasteiger partial charge on any atom is -0.507 e. The van der Waals surface area contributed by atoms with E-state index in [1.54, 1.807) is 29.2 Å². The zero-order chi connectivity index (χ0) is 31.0. The highest BCUT2D eigenvalue weighted by Gasteiger charge is 2.45. The number of nitrogens with one attached hydrogen (secondary N) is 1. The summed E-state index contributed by atoms with van der Waals surface area (Å²) in [5.41, 5.74) is 0.0950. The third kappa shape index (κ3) is 5.79. The molecule has 0 radical (unpaired) electrons. The lowest BCUT2D eigenvalue weighted by Gasteiger charge is -2.40. The highest BCUT2D eigenvalue weighted by molar-refractivity contribution is 5.86. The van der Waals surface area contributed by atoms with Crippen molar-refractivity contribution in [2.75, 3.05) is 45.9 Å². The Hall–Kier alpha value is -3.56. The van der Waals surface area contributed by atoms with Gasteiger partial charge in [0.1, 0.15) is 53.9 Å². The van der Waals surface area contributed by atoms with Gasteiger partial charge in [-0.25, -0.2) is 4.79 Å². The van der Waals surface area contributed by atoms with E-state index in [2.05, 4.69) is 10.2 Å². The largest absolute Gasteiger partial charge is 0.507 e. The van der Waals surface area contributed by atoms with E-state index in [-0.39, 0.29) is 27.8 Å². The smallest absolute Gasteiger partial charge is 0.415 e. The number of aliphatic hydroxyl groups excluding tert-OH is 4. The molecule has 2 aromatic carbocycles. The molecule has 4 heterocycles. The van der Waals surface area contributed by atoms with Crippen molar-refractivity contribution >= 4 is 17.1 Å². The molecule has 0 unspecified atom stereocenters. The Labute approximate surface area is 252 Å².